The van der Waals surface area contributed by atoms with Crippen LogP contribution in [-0.2, 0) is 40.7 Å². The SMILES string of the molecule is CCOC(=O)N1CCc2c(sc(NC(=O)c3ccc(S(=O)(=O)N4CCc5ccccc5C4)cc3)c2C(=O)NC(=O)NC)C1. The van der Waals surface area contributed by atoms with Crippen LogP contribution in [0.25, 0.3) is 0 Å². The number of hydrogen-bond donors (Lipinski definition) is 3. The predicted molar refractivity (Wildman–Crippen MR) is 160 cm³/mol. The van der Waals surface area contributed by atoms with E-state index in [0.717, 1.165) is 22.5 Å². The number of urea groups is 1. The Morgan fingerprint density at radius 1 is 0.930 bits per heavy atom. The Hall–Kier alpha value is -4.27. The summed E-state index contributed by atoms with van der Waals surface area (Å²) in [6.07, 6.45) is 0.464. The van der Waals surface area contributed by atoms with Crippen molar-refractivity contribution < 1.29 is 32.3 Å². The molecule has 2 aliphatic rings. The van der Waals surface area contributed by atoms with Crippen molar-refractivity contribution in [2.75, 3.05) is 32.1 Å². The van der Waals surface area contributed by atoms with Gasteiger partial charge in [-0.05, 0) is 60.7 Å². The minimum atomic E-state index is -3.79. The maximum absolute atomic E-state index is 13.3. The van der Waals surface area contributed by atoms with Gasteiger partial charge >= 0.3 is 12.1 Å². The van der Waals surface area contributed by atoms with E-state index in [4.69, 9.17) is 4.74 Å². The number of imide groups is 1. The number of hydrogen-bond acceptors (Lipinski definition) is 8. The normalized spacial score (nSPS) is 14.7. The van der Waals surface area contributed by atoms with E-state index in [1.807, 2.05) is 24.3 Å². The highest BCUT2D eigenvalue weighted by molar-refractivity contribution is 7.89. The third-order valence-electron chi connectivity index (χ3n) is 7.34. The highest BCUT2D eigenvalue weighted by atomic mass is 32.2. The fourth-order valence-electron chi connectivity index (χ4n) is 5.11. The molecule has 0 saturated carbocycles. The summed E-state index contributed by atoms with van der Waals surface area (Å²) >= 11 is 1.13. The van der Waals surface area contributed by atoms with Gasteiger partial charge < -0.3 is 20.3 Å². The molecule has 0 spiro atoms. The van der Waals surface area contributed by atoms with Gasteiger partial charge in [-0.3, -0.25) is 14.9 Å². The van der Waals surface area contributed by atoms with Crippen molar-refractivity contribution in [3.05, 3.63) is 81.2 Å². The number of thiophene rings is 1. The summed E-state index contributed by atoms with van der Waals surface area (Å²) in [6, 6.07) is 12.7. The fraction of sp³-hybridized carbons (Fsp3) is 0.310. The zero-order valence-corrected chi connectivity index (χ0v) is 25.3. The summed E-state index contributed by atoms with van der Waals surface area (Å²) in [7, 11) is -2.41. The van der Waals surface area contributed by atoms with Crippen molar-refractivity contribution in [3.63, 3.8) is 0 Å². The van der Waals surface area contributed by atoms with Crippen molar-refractivity contribution in [1.29, 1.82) is 0 Å². The molecule has 226 valence electrons. The molecule has 3 heterocycles. The molecule has 5 amide bonds. The van der Waals surface area contributed by atoms with E-state index in [1.54, 1.807) is 6.92 Å². The van der Waals surface area contributed by atoms with Crippen LogP contribution in [0.2, 0.25) is 0 Å². The van der Waals surface area contributed by atoms with Gasteiger partial charge in [0.2, 0.25) is 10.0 Å². The van der Waals surface area contributed by atoms with E-state index in [2.05, 4.69) is 16.0 Å². The second-order valence-corrected chi connectivity index (χ2v) is 13.0. The summed E-state index contributed by atoms with van der Waals surface area (Å²) in [6.45, 7) is 3.05. The monoisotopic (exact) mass is 625 g/mol. The molecule has 0 atom stereocenters. The van der Waals surface area contributed by atoms with Crippen LogP contribution >= 0.6 is 11.3 Å². The van der Waals surface area contributed by atoms with E-state index < -0.39 is 34.0 Å². The number of rotatable bonds is 6. The third kappa shape index (κ3) is 6.26. The molecule has 0 bridgehead atoms. The van der Waals surface area contributed by atoms with Crippen LogP contribution in [0.5, 0.6) is 0 Å². The Kier molecular flexibility index (Phi) is 8.80. The van der Waals surface area contributed by atoms with E-state index in [9.17, 15) is 27.6 Å². The topological polar surface area (TPSA) is 154 Å². The Balaban J connectivity index is 1.36. The number of carbonyl (C=O) groups excluding carboxylic acids is 4. The molecular weight excluding hydrogens is 594 g/mol. The minimum absolute atomic E-state index is 0.0692. The largest absolute Gasteiger partial charge is 0.450 e. The van der Waals surface area contributed by atoms with Gasteiger partial charge in [0.15, 0.2) is 0 Å². The van der Waals surface area contributed by atoms with Gasteiger partial charge in [-0.25, -0.2) is 18.0 Å². The van der Waals surface area contributed by atoms with Crippen LogP contribution in [0.1, 0.15) is 49.2 Å². The summed E-state index contributed by atoms with van der Waals surface area (Å²) < 4.78 is 33.2. The van der Waals surface area contributed by atoms with E-state index in [-0.39, 0.29) is 40.7 Å². The lowest BCUT2D eigenvalue weighted by atomic mass is 10.0. The van der Waals surface area contributed by atoms with Crippen LogP contribution in [0, 0.1) is 0 Å². The lowest BCUT2D eigenvalue weighted by Crippen LogP contribution is -2.39. The molecule has 0 aliphatic carbocycles. The first-order valence-electron chi connectivity index (χ1n) is 13.7. The fourth-order valence-corrected chi connectivity index (χ4v) is 7.78. The number of nitrogens with one attached hydrogen (secondary N) is 3. The van der Waals surface area contributed by atoms with Crippen LogP contribution in [0.3, 0.4) is 0 Å². The van der Waals surface area contributed by atoms with Gasteiger partial charge in [0, 0.05) is 37.1 Å². The smallest absolute Gasteiger partial charge is 0.410 e. The number of carbonyl (C=O) groups is 4. The first kappa shape index (κ1) is 30.2. The van der Waals surface area contributed by atoms with Crippen molar-refractivity contribution in [2.45, 2.75) is 37.8 Å². The second kappa shape index (κ2) is 12.5. The van der Waals surface area contributed by atoms with Crippen molar-refractivity contribution in [3.8, 4) is 0 Å². The minimum Gasteiger partial charge on any atom is -0.450 e. The number of anilines is 1. The summed E-state index contributed by atoms with van der Waals surface area (Å²) in [5.41, 5.74) is 3.05. The van der Waals surface area contributed by atoms with Gasteiger partial charge in [0.25, 0.3) is 11.8 Å². The summed E-state index contributed by atoms with van der Waals surface area (Å²) in [5, 5.41) is 7.53. The molecule has 3 N–H and O–H groups in total. The number of benzene rings is 2. The van der Waals surface area contributed by atoms with Crippen molar-refractivity contribution in [1.82, 2.24) is 19.8 Å². The lowest BCUT2D eigenvalue weighted by Gasteiger charge is -2.28. The summed E-state index contributed by atoms with van der Waals surface area (Å²) in [5.74, 6) is -1.26. The molecule has 1 aromatic heterocycles. The second-order valence-electron chi connectivity index (χ2n) is 9.95. The first-order valence-corrected chi connectivity index (χ1v) is 16.0. The molecule has 5 rings (SSSR count). The number of sulfonamides is 1. The van der Waals surface area contributed by atoms with E-state index in [1.165, 1.54) is 40.5 Å². The van der Waals surface area contributed by atoms with E-state index >= 15 is 0 Å². The molecule has 2 aromatic carbocycles. The number of fused-ring (bicyclic) bond motifs is 2. The van der Waals surface area contributed by atoms with Gasteiger partial charge in [-0.2, -0.15) is 4.31 Å². The van der Waals surface area contributed by atoms with Crippen LogP contribution < -0.4 is 16.0 Å². The maximum atomic E-state index is 13.3. The standard InChI is InChI=1S/C29H31N5O7S2/c1-3-41-29(38)33-14-13-22-23(17-33)42-27(24(22)26(36)32-28(37)30-2)31-25(35)19-8-10-21(11-9-19)43(39,40)34-15-12-18-6-4-5-7-20(18)16-34/h4-11H,3,12-17H2,1-2H3,(H,31,35)(H2,30,32,36,37). The molecule has 0 saturated heterocycles. The number of ether oxygens (including phenoxy) is 1. The molecule has 14 heteroatoms. The third-order valence-corrected chi connectivity index (χ3v) is 10.3. The van der Waals surface area contributed by atoms with Gasteiger partial charge in [0.05, 0.1) is 23.6 Å². The molecule has 2 aliphatic heterocycles. The van der Waals surface area contributed by atoms with Crippen molar-refractivity contribution >= 4 is 50.3 Å². The quantitative estimate of drug-likeness (QED) is 0.380. The molecule has 0 unspecified atom stereocenters. The zero-order chi connectivity index (χ0) is 30.7. The molecule has 0 fully saturated rings. The molecule has 12 nitrogen and oxygen atoms in total. The number of nitrogens with zero attached hydrogens (tertiary/aromatic N) is 2. The molecule has 0 radical (unpaired) electrons. The zero-order valence-electron chi connectivity index (χ0n) is 23.6. The van der Waals surface area contributed by atoms with E-state index in [0.29, 0.717) is 36.4 Å². The van der Waals surface area contributed by atoms with Gasteiger partial charge in [-0.1, -0.05) is 24.3 Å². The van der Waals surface area contributed by atoms with Crippen LogP contribution in [0.15, 0.2) is 53.4 Å². The average Bonchev–Trinajstić information content (AvgIpc) is 3.37. The lowest BCUT2D eigenvalue weighted by molar-refractivity contribution is 0.0963. The Labute approximate surface area is 253 Å². The highest BCUT2D eigenvalue weighted by Crippen LogP contribution is 2.38. The molecular formula is C29H31N5O7S2. The van der Waals surface area contributed by atoms with Crippen LogP contribution in [0.4, 0.5) is 14.6 Å². The first-order chi connectivity index (χ1) is 20.6. The van der Waals surface area contributed by atoms with Gasteiger partial charge in [-0.15, -0.1) is 11.3 Å². The van der Waals surface area contributed by atoms with Gasteiger partial charge in [0.1, 0.15) is 5.00 Å². The summed E-state index contributed by atoms with van der Waals surface area (Å²) in [4.78, 5) is 52.8. The highest BCUT2D eigenvalue weighted by Gasteiger charge is 2.32. The number of amides is 5. The molecule has 3 aromatic rings. The Bertz CT molecular complexity index is 1690. The maximum Gasteiger partial charge on any atom is 0.410 e. The Morgan fingerprint density at radius 2 is 1.65 bits per heavy atom. The van der Waals surface area contributed by atoms with Crippen LogP contribution in [-0.4, -0.2) is 68.3 Å². The van der Waals surface area contributed by atoms with Crippen molar-refractivity contribution in [2.24, 2.45) is 0 Å². The Morgan fingerprint density at radius 3 is 2.35 bits per heavy atom. The average molecular weight is 626 g/mol. The predicted octanol–water partition coefficient (Wildman–Crippen LogP) is 3.33. The molecule has 43 heavy (non-hydrogen) atoms.